The molecule has 1 aliphatic rings. The number of hydrogen-bond acceptors (Lipinski definition) is 3. The first-order chi connectivity index (χ1) is 11.3. The Bertz CT molecular complexity index is 810. The number of rotatable bonds is 1. The maximum absolute atomic E-state index is 10.8. The molecule has 0 unspecified atom stereocenters. The van der Waals surface area contributed by atoms with Crippen LogP contribution in [0.25, 0.3) is 11.1 Å². The quantitative estimate of drug-likeness (QED) is 0.677. The van der Waals surface area contributed by atoms with E-state index >= 15 is 0 Å². The minimum atomic E-state index is -0.199. The van der Waals surface area contributed by atoms with Crippen molar-refractivity contribution in [1.82, 2.24) is 0 Å². The van der Waals surface area contributed by atoms with Gasteiger partial charge in [-0.15, -0.1) is 0 Å². The SMILES string of the molecule is O=C1OCc2ccccc21.Oc1ccccc1-c1ccccc1. The van der Waals surface area contributed by atoms with Crippen LogP contribution in [0.2, 0.25) is 0 Å². The third-order valence-corrected chi connectivity index (χ3v) is 3.58. The van der Waals surface area contributed by atoms with Crippen LogP contribution in [0.15, 0.2) is 78.9 Å². The molecule has 23 heavy (non-hydrogen) atoms. The zero-order valence-corrected chi connectivity index (χ0v) is 12.5. The van der Waals surface area contributed by atoms with Crippen LogP contribution < -0.4 is 0 Å². The summed E-state index contributed by atoms with van der Waals surface area (Å²) in [5.41, 5.74) is 3.62. The lowest BCUT2D eigenvalue weighted by molar-refractivity contribution is 0.0535. The summed E-state index contributed by atoms with van der Waals surface area (Å²) < 4.78 is 4.78. The number of phenols is 1. The molecular formula is C20H16O3. The van der Waals surface area contributed by atoms with Crippen molar-refractivity contribution in [3.63, 3.8) is 0 Å². The van der Waals surface area contributed by atoms with Gasteiger partial charge in [0, 0.05) is 11.1 Å². The molecule has 0 aromatic heterocycles. The van der Waals surface area contributed by atoms with E-state index in [4.69, 9.17) is 4.74 Å². The Kier molecular flexibility index (Phi) is 4.39. The Morgan fingerprint density at radius 2 is 1.35 bits per heavy atom. The Hall–Kier alpha value is -3.07. The largest absolute Gasteiger partial charge is 0.507 e. The minimum Gasteiger partial charge on any atom is -0.507 e. The number of carbonyl (C=O) groups is 1. The Balaban J connectivity index is 0.000000140. The number of ether oxygens (including phenoxy) is 1. The van der Waals surface area contributed by atoms with E-state index < -0.39 is 0 Å². The summed E-state index contributed by atoms with van der Waals surface area (Å²) in [6.45, 7) is 0.439. The molecule has 1 aliphatic heterocycles. The van der Waals surface area contributed by atoms with Gasteiger partial charge in [-0.25, -0.2) is 4.79 Å². The molecule has 3 aromatic carbocycles. The number of esters is 1. The second-order valence-electron chi connectivity index (χ2n) is 5.12. The van der Waals surface area contributed by atoms with Gasteiger partial charge < -0.3 is 9.84 Å². The summed E-state index contributed by atoms with van der Waals surface area (Å²) in [4.78, 5) is 10.8. The first-order valence-electron chi connectivity index (χ1n) is 7.34. The van der Waals surface area contributed by atoms with Gasteiger partial charge >= 0.3 is 5.97 Å². The molecule has 4 rings (SSSR count). The van der Waals surface area contributed by atoms with Crippen molar-refractivity contribution in [2.75, 3.05) is 0 Å². The van der Waals surface area contributed by atoms with E-state index in [1.165, 1.54) is 0 Å². The van der Waals surface area contributed by atoms with Gasteiger partial charge in [0.05, 0.1) is 5.56 Å². The van der Waals surface area contributed by atoms with E-state index in [9.17, 15) is 9.90 Å². The Labute approximate surface area is 134 Å². The van der Waals surface area contributed by atoms with Crippen LogP contribution in [-0.4, -0.2) is 11.1 Å². The van der Waals surface area contributed by atoms with E-state index in [1.54, 1.807) is 12.1 Å². The lowest BCUT2D eigenvalue weighted by atomic mass is 10.1. The standard InChI is InChI=1S/C12H10O.C8H6O2/c13-12-9-5-4-8-11(12)10-6-2-1-3-7-10;9-8-7-4-2-1-3-6(7)5-10-8/h1-9,13H;1-4H,5H2. The van der Waals surface area contributed by atoms with Gasteiger partial charge in [0.2, 0.25) is 0 Å². The molecule has 1 N–H and O–H groups in total. The number of phenolic OH excluding ortho intramolecular Hbond substituents is 1. The average molecular weight is 304 g/mol. The number of para-hydroxylation sites is 1. The first kappa shape index (κ1) is 14.9. The fourth-order valence-corrected chi connectivity index (χ4v) is 2.40. The highest BCUT2D eigenvalue weighted by Gasteiger charge is 2.18. The molecule has 0 aliphatic carbocycles. The van der Waals surface area contributed by atoms with Crippen molar-refractivity contribution in [2.24, 2.45) is 0 Å². The van der Waals surface area contributed by atoms with Crippen LogP contribution in [-0.2, 0) is 11.3 Å². The van der Waals surface area contributed by atoms with Crippen LogP contribution in [0.4, 0.5) is 0 Å². The number of hydrogen-bond donors (Lipinski definition) is 1. The molecular weight excluding hydrogens is 288 g/mol. The predicted octanol–water partition coefficient (Wildman–Crippen LogP) is 4.42. The topological polar surface area (TPSA) is 46.5 Å². The summed E-state index contributed by atoms with van der Waals surface area (Å²) in [5, 5.41) is 9.56. The summed E-state index contributed by atoms with van der Waals surface area (Å²) in [6, 6.07) is 24.6. The molecule has 0 atom stereocenters. The maximum atomic E-state index is 10.8. The van der Waals surface area contributed by atoms with Gasteiger partial charge in [0.1, 0.15) is 12.4 Å². The van der Waals surface area contributed by atoms with Crippen LogP contribution in [0.5, 0.6) is 5.75 Å². The highest BCUT2D eigenvalue weighted by molar-refractivity contribution is 5.93. The minimum absolute atomic E-state index is 0.199. The number of carbonyl (C=O) groups excluding carboxylic acids is 1. The molecule has 0 bridgehead atoms. The highest BCUT2D eigenvalue weighted by Crippen LogP contribution is 2.27. The molecule has 3 heteroatoms. The summed E-state index contributed by atoms with van der Waals surface area (Å²) in [5.74, 6) is 0.129. The molecule has 0 amide bonds. The van der Waals surface area contributed by atoms with Crippen LogP contribution in [0.1, 0.15) is 15.9 Å². The zero-order valence-electron chi connectivity index (χ0n) is 12.5. The second-order valence-corrected chi connectivity index (χ2v) is 5.12. The molecule has 114 valence electrons. The number of fused-ring (bicyclic) bond motifs is 1. The molecule has 3 aromatic rings. The molecule has 0 saturated heterocycles. The number of aromatic hydroxyl groups is 1. The monoisotopic (exact) mass is 304 g/mol. The predicted molar refractivity (Wildman–Crippen MR) is 89.1 cm³/mol. The van der Waals surface area contributed by atoms with Crippen LogP contribution >= 0.6 is 0 Å². The van der Waals surface area contributed by atoms with E-state index in [0.717, 1.165) is 16.7 Å². The average Bonchev–Trinajstić information content (AvgIpc) is 2.98. The Morgan fingerprint density at radius 1 is 0.739 bits per heavy atom. The van der Waals surface area contributed by atoms with Gasteiger partial charge in [0.25, 0.3) is 0 Å². The second kappa shape index (κ2) is 6.79. The zero-order chi connectivity index (χ0) is 16.1. The number of benzene rings is 3. The van der Waals surface area contributed by atoms with Crippen molar-refractivity contribution in [1.29, 1.82) is 0 Å². The molecule has 0 fully saturated rings. The Morgan fingerprint density at radius 3 is 2.04 bits per heavy atom. The highest BCUT2D eigenvalue weighted by atomic mass is 16.5. The van der Waals surface area contributed by atoms with E-state index in [0.29, 0.717) is 17.9 Å². The third-order valence-electron chi connectivity index (χ3n) is 3.58. The fraction of sp³-hybridized carbons (Fsp3) is 0.0500. The fourth-order valence-electron chi connectivity index (χ4n) is 2.40. The van der Waals surface area contributed by atoms with Crippen molar-refractivity contribution in [2.45, 2.75) is 6.61 Å². The van der Waals surface area contributed by atoms with Crippen LogP contribution in [0, 0.1) is 0 Å². The van der Waals surface area contributed by atoms with Gasteiger partial charge in [0.15, 0.2) is 0 Å². The summed E-state index contributed by atoms with van der Waals surface area (Å²) in [7, 11) is 0. The van der Waals surface area contributed by atoms with Crippen molar-refractivity contribution < 1.29 is 14.6 Å². The van der Waals surface area contributed by atoms with Gasteiger partial charge in [-0.1, -0.05) is 66.7 Å². The van der Waals surface area contributed by atoms with Crippen molar-refractivity contribution in [3.05, 3.63) is 90.0 Å². The van der Waals surface area contributed by atoms with Crippen molar-refractivity contribution in [3.8, 4) is 16.9 Å². The van der Waals surface area contributed by atoms with Crippen molar-refractivity contribution >= 4 is 5.97 Å². The van der Waals surface area contributed by atoms with Gasteiger partial charge in [-0.2, -0.15) is 0 Å². The van der Waals surface area contributed by atoms with Crippen LogP contribution in [0.3, 0.4) is 0 Å². The van der Waals surface area contributed by atoms with E-state index in [2.05, 4.69) is 0 Å². The lowest BCUT2D eigenvalue weighted by Crippen LogP contribution is -1.91. The lowest BCUT2D eigenvalue weighted by Gasteiger charge is -2.02. The van der Waals surface area contributed by atoms with Gasteiger partial charge in [-0.3, -0.25) is 0 Å². The smallest absolute Gasteiger partial charge is 0.338 e. The normalized spacial score (nSPS) is 11.9. The molecule has 0 saturated carbocycles. The summed E-state index contributed by atoms with van der Waals surface area (Å²) >= 11 is 0. The molecule has 0 radical (unpaired) electrons. The molecule has 0 spiro atoms. The van der Waals surface area contributed by atoms with Gasteiger partial charge in [-0.05, 0) is 17.7 Å². The molecule has 1 heterocycles. The first-order valence-corrected chi connectivity index (χ1v) is 7.34. The molecule has 3 nitrogen and oxygen atoms in total. The van der Waals surface area contributed by atoms with E-state index in [1.807, 2.05) is 66.7 Å². The maximum Gasteiger partial charge on any atom is 0.338 e. The third kappa shape index (κ3) is 3.40. The van der Waals surface area contributed by atoms with E-state index in [-0.39, 0.29) is 5.97 Å². The summed E-state index contributed by atoms with van der Waals surface area (Å²) in [6.07, 6.45) is 0. The number of cyclic esters (lactones) is 1.